The average Bonchev–Trinajstić information content (AvgIpc) is 2.87. The third kappa shape index (κ3) is 4.18. The zero-order valence-electron chi connectivity index (χ0n) is 13.8. The van der Waals surface area contributed by atoms with Crippen molar-refractivity contribution in [3.05, 3.63) is 58.7 Å². The van der Waals surface area contributed by atoms with E-state index in [1.165, 1.54) is 18.2 Å². The molecule has 0 unspecified atom stereocenters. The van der Waals surface area contributed by atoms with Gasteiger partial charge in [0.1, 0.15) is 23.7 Å². The molecule has 0 saturated carbocycles. The van der Waals surface area contributed by atoms with Crippen LogP contribution in [0, 0.1) is 0 Å². The van der Waals surface area contributed by atoms with Crippen molar-refractivity contribution in [1.82, 2.24) is 10.2 Å². The van der Waals surface area contributed by atoms with Crippen molar-refractivity contribution in [2.75, 3.05) is 11.9 Å². The van der Waals surface area contributed by atoms with Crippen LogP contribution < -0.4 is 10.6 Å². The van der Waals surface area contributed by atoms with Crippen molar-refractivity contribution in [3.8, 4) is 11.5 Å². The highest BCUT2D eigenvalue weighted by Gasteiger charge is 2.35. The Bertz CT molecular complexity index is 956. The Kier molecular flexibility index (Phi) is 5.00. The SMILES string of the molecule is O=C(CN1C(=O)N/C(=C\c2ccc(O)cc2O)C1=O)Nc1ccc(Cl)cc1. The van der Waals surface area contributed by atoms with Crippen LogP contribution >= 0.6 is 11.6 Å². The lowest BCUT2D eigenvalue weighted by Gasteiger charge is -2.12. The Morgan fingerprint density at radius 3 is 2.52 bits per heavy atom. The molecule has 0 aliphatic carbocycles. The van der Waals surface area contributed by atoms with Crippen LogP contribution in [0.1, 0.15) is 5.56 Å². The number of benzene rings is 2. The molecule has 1 fully saturated rings. The Morgan fingerprint density at radius 1 is 1.15 bits per heavy atom. The van der Waals surface area contributed by atoms with Crippen LogP contribution in [0.4, 0.5) is 10.5 Å². The molecule has 9 heteroatoms. The van der Waals surface area contributed by atoms with Crippen molar-refractivity contribution in [2.24, 2.45) is 0 Å². The Labute approximate surface area is 158 Å². The molecule has 2 aromatic rings. The molecule has 138 valence electrons. The van der Waals surface area contributed by atoms with Gasteiger partial charge in [0, 0.05) is 22.3 Å². The minimum absolute atomic E-state index is 0.0970. The molecule has 0 spiro atoms. The van der Waals surface area contributed by atoms with Crippen LogP contribution in [0.25, 0.3) is 6.08 Å². The fourth-order valence-electron chi connectivity index (χ4n) is 2.40. The summed E-state index contributed by atoms with van der Waals surface area (Å²) in [5, 5.41) is 24.5. The van der Waals surface area contributed by atoms with Crippen LogP contribution in [0.3, 0.4) is 0 Å². The molecule has 1 saturated heterocycles. The first-order valence-electron chi connectivity index (χ1n) is 7.75. The number of halogens is 1. The molecule has 4 amide bonds. The van der Waals surface area contributed by atoms with Crippen molar-refractivity contribution in [2.45, 2.75) is 0 Å². The summed E-state index contributed by atoms with van der Waals surface area (Å²) >= 11 is 5.77. The summed E-state index contributed by atoms with van der Waals surface area (Å²) in [7, 11) is 0. The summed E-state index contributed by atoms with van der Waals surface area (Å²) in [6, 6.07) is 9.42. The molecular weight excluding hydrogens is 374 g/mol. The van der Waals surface area contributed by atoms with Gasteiger partial charge in [0.05, 0.1) is 0 Å². The summed E-state index contributed by atoms with van der Waals surface area (Å²) in [5.41, 5.74) is 0.602. The fraction of sp³-hybridized carbons (Fsp3) is 0.0556. The summed E-state index contributed by atoms with van der Waals surface area (Å²) in [6.07, 6.45) is 1.26. The summed E-state index contributed by atoms with van der Waals surface area (Å²) < 4.78 is 0. The molecule has 1 heterocycles. The Morgan fingerprint density at radius 2 is 1.85 bits per heavy atom. The summed E-state index contributed by atoms with van der Waals surface area (Å²) in [6.45, 7) is -0.480. The first-order chi connectivity index (χ1) is 12.8. The van der Waals surface area contributed by atoms with E-state index in [0.717, 1.165) is 11.0 Å². The molecule has 0 aromatic heterocycles. The zero-order chi connectivity index (χ0) is 19.6. The smallest absolute Gasteiger partial charge is 0.329 e. The molecule has 27 heavy (non-hydrogen) atoms. The van der Waals surface area contributed by atoms with Gasteiger partial charge >= 0.3 is 6.03 Å². The highest BCUT2D eigenvalue weighted by atomic mass is 35.5. The normalized spacial score (nSPS) is 15.1. The molecule has 1 aliphatic rings. The third-order valence-electron chi connectivity index (χ3n) is 3.71. The van der Waals surface area contributed by atoms with Crippen molar-refractivity contribution < 1.29 is 24.6 Å². The monoisotopic (exact) mass is 387 g/mol. The second-order valence-corrected chi connectivity index (χ2v) is 6.11. The number of anilines is 1. The van der Waals surface area contributed by atoms with E-state index in [1.54, 1.807) is 24.3 Å². The predicted octanol–water partition coefficient (Wildman–Crippen LogP) is 2.28. The number of carbonyl (C=O) groups excluding carboxylic acids is 3. The lowest BCUT2D eigenvalue weighted by Crippen LogP contribution is -2.38. The fourth-order valence-corrected chi connectivity index (χ4v) is 2.53. The van der Waals surface area contributed by atoms with Crippen LogP contribution in [-0.4, -0.2) is 39.5 Å². The number of nitrogens with zero attached hydrogens (tertiary/aromatic N) is 1. The molecule has 2 aromatic carbocycles. The number of hydrogen-bond donors (Lipinski definition) is 4. The van der Waals surface area contributed by atoms with Crippen LogP contribution in [-0.2, 0) is 9.59 Å². The number of amides is 4. The second kappa shape index (κ2) is 7.38. The van der Waals surface area contributed by atoms with Gasteiger partial charge in [0.15, 0.2) is 0 Å². The number of nitrogens with one attached hydrogen (secondary N) is 2. The van der Waals surface area contributed by atoms with Gasteiger partial charge in [-0.25, -0.2) is 9.69 Å². The number of phenolic OH excluding ortho intramolecular Hbond substituents is 2. The lowest BCUT2D eigenvalue weighted by molar-refractivity contribution is -0.127. The summed E-state index contributed by atoms with van der Waals surface area (Å²) in [5.74, 6) is -1.67. The van der Waals surface area contributed by atoms with E-state index < -0.39 is 24.4 Å². The first kappa shape index (κ1) is 18.3. The van der Waals surface area contributed by atoms with Crippen molar-refractivity contribution in [1.29, 1.82) is 0 Å². The maximum absolute atomic E-state index is 12.4. The molecule has 8 nitrogen and oxygen atoms in total. The highest BCUT2D eigenvalue weighted by molar-refractivity contribution is 6.30. The highest BCUT2D eigenvalue weighted by Crippen LogP contribution is 2.25. The summed E-state index contributed by atoms with van der Waals surface area (Å²) in [4.78, 5) is 37.2. The van der Waals surface area contributed by atoms with E-state index >= 15 is 0 Å². The number of aromatic hydroxyl groups is 2. The van der Waals surface area contributed by atoms with E-state index in [9.17, 15) is 24.6 Å². The topological polar surface area (TPSA) is 119 Å². The van der Waals surface area contributed by atoms with Crippen molar-refractivity contribution >= 4 is 41.2 Å². The number of imide groups is 1. The van der Waals surface area contributed by atoms with Crippen LogP contribution in [0.5, 0.6) is 11.5 Å². The minimum atomic E-state index is -0.754. The van der Waals surface area contributed by atoms with E-state index in [2.05, 4.69) is 10.6 Å². The molecule has 0 bridgehead atoms. The van der Waals surface area contributed by atoms with Crippen molar-refractivity contribution in [3.63, 3.8) is 0 Å². The van der Waals surface area contributed by atoms with Gasteiger partial charge in [-0.05, 0) is 42.5 Å². The Hall–Kier alpha value is -3.52. The molecule has 0 atom stereocenters. The molecule has 4 N–H and O–H groups in total. The average molecular weight is 388 g/mol. The third-order valence-corrected chi connectivity index (χ3v) is 3.96. The Balaban J connectivity index is 1.71. The molecular formula is C18H14ClN3O5. The van der Waals surface area contributed by atoms with Gasteiger partial charge in [-0.2, -0.15) is 0 Å². The quantitative estimate of drug-likeness (QED) is 0.474. The maximum Gasteiger partial charge on any atom is 0.329 e. The minimum Gasteiger partial charge on any atom is -0.508 e. The standard InChI is InChI=1S/C18H14ClN3O5/c19-11-2-4-12(5-3-11)20-16(25)9-22-17(26)14(21-18(22)27)7-10-1-6-13(23)8-15(10)24/h1-8,23-24H,9H2,(H,20,25)(H,21,27)/b14-7-. The lowest BCUT2D eigenvalue weighted by atomic mass is 10.1. The van der Waals surface area contributed by atoms with Crippen LogP contribution in [0.2, 0.25) is 5.02 Å². The predicted molar refractivity (Wildman–Crippen MR) is 98.1 cm³/mol. The first-order valence-corrected chi connectivity index (χ1v) is 8.13. The number of rotatable bonds is 4. The van der Waals surface area contributed by atoms with Gasteiger partial charge < -0.3 is 20.8 Å². The van der Waals surface area contributed by atoms with Gasteiger partial charge in [0.2, 0.25) is 5.91 Å². The van der Waals surface area contributed by atoms with Gasteiger partial charge in [-0.1, -0.05) is 11.6 Å². The zero-order valence-corrected chi connectivity index (χ0v) is 14.5. The van der Waals surface area contributed by atoms with Gasteiger partial charge in [-0.3, -0.25) is 9.59 Å². The molecule has 3 rings (SSSR count). The van der Waals surface area contributed by atoms with E-state index in [0.29, 0.717) is 10.7 Å². The number of carbonyl (C=O) groups is 3. The van der Waals surface area contributed by atoms with E-state index in [1.807, 2.05) is 0 Å². The number of phenols is 2. The molecule has 0 radical (unpaired) electrons. The molecule has 1 aliphatic heterocycles. The largest absolute Gasteiger partial charge is 0.508 e. The second-order valence-electron chi connectivity index (χ2n) is 5.68. The number of urea groups is 1. The van der Waals surface area contributed by atoms with E-state index in [4.69, 9.17) is 11.6 Å². The number of hydrogen-bond acceptors (Lipinski definition) is 5. The van der Waals surface area contributed by atoms with Crippen LogP contribution in [0.15, 0.2) is 48.2 Å². The maximum atomic E-state index is 12.4. The van der Waals surface area contributed by atoms with E-state index in [-0.39, 0.29) is 22.8 Å². The van der Waals surface area contributed by atoms with Gasteiger partial charge in [0.25, 0.3) is 5.91 Å². The van der Waals surface area contributed by atoms with Gasteiger partial charge in [-0.15, -0.1) is 0 Å².